The van der Waals surface area contributed by atoms with E-state index in [9.17, 15) is 10.2 Å². The number of likely N-dealkylation sites (N-methyl/N-ethyl adjacent to an activating group) is 1. The molecule has 35 heavy (non-hydrogen) atoms. The van der Waals surface area contributed by atoms with Crippen molar-refractivity contribution in [2.24, 2.45) is 0 Å². The van der Waals surface area contributed by atoms with Crippen molar-refractivity contribution in [1.29, 1.82) is 0 Å². The normalized spacial score (nSPS) is 17.3. The topological polar surface area (TPSA) is 52.9 Å². The monoisotopic (exact) mass is 475 g/mol. The largest absolute Gasteiger partial charge is 0.492 e. The van der Waals surface area contributed by atoms with Crippen LogP contribution < -0.4 is 0 Å². The smallest absolute Gasteiger partial charge is 0.119 e. The summed E-state index contributed by atoms with van der Waals surface area (Å²) < 4.78 is 6.05. The lowest BCUT2D eigenvalue weighted by Crippen LogP contribution is -2.26. The Hall–Kier alpha value is -2.92. The van der Waals surface area contributed by atoms with Gasteiger partial charge in [0.25, 0.3) is 0 Å². The molecule has 0 saturated heterocycles. The number of allylic oxidation sites excluding steroid dienone is 11. The molecule has 0 aromatic heterocycles. The van der Waals surface area contributed by atoms with Crippen molar-refractivity contribution in [3.05, 3.63) is 114 Å². The number of aliphatic hydroxyl groups excluding tert-OH is 2. The van der Waals surface area contributed by atoms with Crippen LogP contribution in [0.1, 0.15) is 39.2 Å². The molecule has 4 nitrogen and oxygen atoms in total. The van der Waals surface area contributed by atoms with Gasteiger partial charge >= 0.3 is 0 Å². The van der Waals surface area contributed by atoms with E-state index in [2.05, 4.69) is 37.0 Å². The summed E-state index contributed by atoms with van der Waals surface area (Å²) in [5.74, 6) is 0.813. The van der Waals surface area contributed by atoms with Crippen LogP contribution in [0.25, 0.3) is 5.57 Å². The summed E-state index contributed by atoms with van der Waals surface area (Å²) >= 11 is 0. The van der Waals surface area contributed by atoms with Gasteiger partial charge in [-0.15, -0.1) is 0 Å². The minimum Gasteiger partial charge on any atom is -0.492 e. The van der Waals surface area contributed by atoms with E-state index in [1.54, 1.807) is 12.2 Å². The number of benzene rings is 1. The third kappa shape index (κ3) is 10.1. The van der Waals surface area contributed by atoms with Gasteiger partial charge in [-0.05, 0) is 67.3 Å². The van der Waals surface area contributed by atoms with Crippen LogP contribution in [-0.2, 0) is 4.74 Å². The van der Waals surface area contributed by atoms with Crippen molar-refractivity contribution in [2.75, 3.05) is 32.8 Å². The molecule has 0 heterocycles. The first-order valence-corrected chi connectivity index (χ1v) is 12.6. The highest BCUT2D eigenvalue weighted by Gasteiger charge is 2.11. The Morgan fingerprint density at radius 3 is 2.54 bits per heavy atom. The van der Waals surface area contributed by atoms with Gasteiger partial charge in [0.2, 0.25) is 0 Å². The van der Waals surface area contributed by atoms with Crippen LogP contribution in [0, 0.1) is 0 Å². The number of hydrogen-bond donors (Lipinski definition) is 2. The quantitative estimate of drug-likeness (QED) is 0.256. The summed E-state index contributed by atoms with van der Waals surface area (Å²) in [6.07, 6.45) is 20.3. The first kappa shape index (κ1) is 28.3. The molecule has 0 saturated carbocycles. The van der Waals surface area contributed by atoms with E-state index < -0.39 is 6.10 Å². The van der Waals surface area contributed by atoms with E-state index in [-0.39, 0.29) is 6.61 Å². The van der Waals surface area contributed by atoms with Gasteiger partial charge in [-0.3, -0.25) is 0 Å². The van der Waals surface area contributed by atoms with Gasteiger partial charge < -0.3 is 19.8 Å². The maximum absolute atomic E-state index is 10.0. The molecule has 2 N–H and O–H groups in total. The van der Waals surface area contributed by atoms with Crippen LogP contribution in [0.2, 0.25) is 0 Å². The van der Waals surface area contributed by atoms with E-state index in [4.69, 9.17) is 4.74 Å². The van der Waals surface area contributed by atoms with Gasteiger partial charge in [-0.25, -0.2) is 0 Å². The summed E-state index contributed by atoms with van der Waals surface area (Å²) in [6.45, 7) is 9.99. The molecule has 0 amide bonds. The van der Waals surface area contributed by atoms with E-state index in [1.165, 1.54) is 0 Å². The molecular formula is C31H41NO3. The Kier molecular flexibility index (Phi) is 13.5. The van der Waals surface area contributed by atoms with Crippen LogP contribution in [0.15, 0.2) is 108 Å². The van der Waals surface area contributed by atoms with Crippen molar-refractivity contribution in [3.63, 3.8) is 0 Å². The predicted octanol–water partition coefficient (Wildman–Crippen LogP) is 6.00. The fourth-order valence-corrected chi connectivity index (χ4v) is 3.86. The van der Waals surface area contributed by atoms with Crippen molar-refractivity contribution in [2.45, 2.75) is 39.7 Å². The second kappa shape index (κ2) is 16.7. The van der Waals surface area contributed by atoms with Crippen LogP contribution in [0.3, 0.4) is 0 Å². The van der Waals surface area contributed by atoms with Gasteiger partial charge in [-0.2, -0.15) is 0 Å². The zero-order valence-electron chi connectivity index (χ0n) is 21.4. The number of ether oxygens (including phenoxy) is 1. The molecule has 1 aliphatic rings. The lowest BCUT2D eigenvalue weighted by molar-refractivity contribution is 0.171. The average Bonchev–Trinajstić information content (AvgIpc) is 3.10. The molecule has 0 aliphatic heterocycles. The zero-order chi connectivity index (χ0) is 25.3. The van der Waals surface area contributed by atoms with E-state index in [1.807, 2.05) is 67.7 Å². The molecule has 0 radical (unpaired) electrons. The maximum Gasteiger partial charge on any atom is 0.119 e. The van der Waals surface area contributed by atoms with Crippen LogP contribution in [0.4, 0.5) is 0 Å². The van der Waals surface area contributed by atoms with E-state index in [0.717, 1.165) is 54.1 Å². The highest BCUT2D eigenvalue weighted by Crippen LogP contribution is 2.30. The molecule has 2 rings (SSSR count). The van der Waals surface area contributed by atoms with E-state index >= 15 is 0 Å². The second-order valence-electron chi connectivity index (χ2n) is 8.25. The average molecular weight is 476 g/mol. The fourth-order valence-electron chi connectivity index (χ4n) is 3.86. The second-order valence-corrected chi connectivity index (χ2v) is 8.25. The number of rotatable bonds is 14. The highest BCUT2D eigenvalue weighted by molar-refractivity contribution is 5.77. The molecule has 0 bridgehead atoms. The number of nitrogens with zero attached hydrogens (tertiary/aromatic N) is 1. The van der Waals surface area contributed by atoms with Crippen LogP contribution in [-0.4, -0.2) is 54.1 Å². The molecular weight excluding hydrogens is 434 g/mol. The fraction of sp³-hybridized carbons (Fsp3) is 0.355. The van der Waals surface area contributed by atoms with Crippen molar-refractivity contribution < 1.29 is 14.9 Å². The van der Waals surface area contributed by atoms with Gasteiger partial charge in [0.05, 0.1) is 6.10 Å². The highest BCUT2D eigenvalue weighted by atomic mass is 16.5. The van der Waals surface area contributed by atoms with Crippen molar-refractivity contribution >= 4 is 5.57 Å². The van der Waals surface area contributed by atoms with E-state index in [0.29, 0.717) is 13.0 Å². The molecule has 1 aromatic rings. The van der Waals surface area contributed by atoms with Gasteiger partial charge in [-0.1, -0.05) is 92.8 Å². The molecule has 1 aliphatic carbocycles. The van der Waals surface area contributed by atoms with Crippen LogP contribution in [0.5, 0.6) is 0 Å². The first-order valence-electron chi connectivity index (χ1n) is 12.6. The predicted molar refractivity (Wildman–Crippen MR) is 148 cm³/mol. The lowest BCUT2D eigenvalue weighted by Gasteiger charge is -2.18. The lowest BCUT2D eigenvalue weighted by atomic mass is 9.90. The molecule has 0 spiro atoms. The minimum absolute atomic E-state index is 0.132. The molecule has 1 aromatic carbocycles. The Morgan fingerprint density at radius 1 is 1.09 bits per heavy atom. The number of hydrogen-bond acceptors (Lipinski definition) is 4. The summed E-state index contributed by atoms with van der Waals surface area (Å²) in [5, 5.41) is 19.6. The Balaban J connectivity index is 2.43. The SMILES string of the molecule is C\C=C/C(=C\C=C\C(C1=CC=CC(O)C=C1)=C(\CCCO)c1ccccc1)OCCN(CC)CC. The van der Waals surface area contributed by atoms with Gasteiger partial charge in [0.1, 0.15) is 12.4 Å². The Morgan fingerprint density at radius 2 is 1.86 bits per heavy atom. The minimum atomic E-state index is -0.605. The maximum atomic E-state index is 10.0. The van der Waals surface area contributed by atoms with Crippen molar-refractivity contribution in [1.82, 2.24) is 4.90 Å². The third-order valence-corrected chi connectivity index (χ3v) is 5.83. The van der Waals surface area contributed by atoms with Crippen molar-refractivity contribution in [3.8, 4) is 0 Å². The number of aliphatic hydroxyl groups is 2. The van der Waals surface area contributed by atoms with Gasteiger partial charge in [0.15, 0.2) is 0 Å². The molecule has 188 valence electrons. The first-order chi connectivity index (χ1) is 17.1. The summed E-state index contributed by atoms with van der Waals surface area (Å²) in [5.41, 5.74) is 4.34. The molecule has 4 heteroatoms. The third-order valence-electron chi connectivity index (χ3n) is 5.83. The Bertz CT molecular complexity index is 960. The standard InChI is InChI=1S/C31H41NO3/c1-4-13-29(35-25-23-32(5-2)6-3)18-11-19-30(27-16-10-17-28(34)22-21-27)31(20-12-24-33)26-14-8-7-9-15-26/h4,7-11,13-19,21-22,28,33-34H,5-6,12,20,23-25H2,1-3H3/b13-4-,19-11+,29-18+,31-30+. The molecule has 1 unspecified atom stereocenters. The summed E-state index contributed by atoms with van der Waals surface area (Å²) in [7, 11) is 0. The summed E-state index contributed by atoms with van der Waals surface area (Å²) in [6, 6.07) is 10.3. The van der Waals surface area contributed by atoms with Gasteiger partial charge in [0, 0.05) is 13.2 Å². The molecule has 1 atom stereocenters. The molecule has 0 fully saturated rings. The van der Waals surface area contributed by atoms with Crippen LogP contribution >= 0.6 is 0 Å². The Labute approximate surface area is 211 Å². The summed E-state index contributed by atoms with van der Waals surface area (Å²) in [4.78, 5) is 2.34. The zero-order valence-corrected chi connectivity index (χ0v) is 21.4.